The van der Waals surface area contributed by atoms with Gasteiger partial charge in [0, 0.05) is 12.3 Å². The Balaban J connectivity index is 2.16. The van der Waals surface area contributed by atoms with Crippen LogP contribution in [0.1, 0.15) is 31.2 Å². The van der Waals surface area contributed by atoms with E-state index in [1.807, 2.05) is 18.2 Å². The molecule has 0 amide bonds. The first-order chi connectivity index (χ1) is 8.74. The minimum absolute atomic E-state index is 0.226. The number of para-hydroxylation sites is 1. The molecular weight excluding hydrogens is 230 g/mol. The van der Waals surface area contributed by atoms with Gasteiger partial charge in [0.15, 0.2) is 0 Å². The van der Waals surface area contributed by atoms with Crippen LogP contribution in [-0.2, 0) is 16.0 Å². The number of nitrogen functional groups attached to an aromatic ring is 1. The number of hydrogen-bond acceptors (Lipinski definition) is 4. The fraction of sp³-hybridized carbons (Fsp3) is 0.500. The summed E-state index contributed by atoms with van der Waals surface area (Å²) in [4.78, 5) is 11.5. The maximum atomic E-state index is 11.5. The Kier molecular flexibility index (Phi) is 6.87. The van der Waals surface area contributed by atoms with Crippen LogP contribution in [-0.4, -0.2) is 24.3 Å². The fourth-order valence-electron chi connectivity index (χ4n) is 1.66. The third-order valence-electron chi connectivity index (χ3n) is 2.71. The molecule has 0 bridgehead atoms. The van der Waals surface area contributed by atoms with Crippen molar-refractivity contribution in [2.45, 2.75) is 32.1 Å². The molecule has 0 atom stereocenters. The lowest BCUT2D eigenvalue weighted by Crippen LogP contribution is -2.10. The number of benzene rings is 1. The molecule has 0 spiro atoms. The van der Waals surface area contributed by atoms with Crippen molar-refractivity contribution in [2.24, 2.45) is 0 Å². The largest absolute Gasteiger partial charge is 0.465 e. The van der Waals surface area contributed by atoms with Crippen LogP contribution >= 0.6 is 0 Å². The number of carbonyl (C=O) groups excluding carboxylic acids is 1. The summed E-state index contributed by atoms with van der Waals surface area (Å²) in [5.74, 6) is -0.241. The van der Waals surface area contributed by atoms with E-state index in [1.165, 1.54) is 0 Å². The van der Waals surface area contributed by atoms with E-state index in [0.29, 0.717) is 12.3 Å². The molecule has 0 aliphatic heterocycles. The van der Waals surface area contributed by atoms with E-state index in [-0.39, 0.29) is 19.0 Å². The summed E-state index contributed by atoms with van der Waals surface area (Å²) in [7, 11) is 0. The molecule has 1 rings (SSSR count). The zero-order chi connectivity index (χ0) is 13.2. The second-order valence-corrected chi connectivity index (χ2v) is 4.23. The lowest BCUT2D eigenvalue weighted by molar-refractivity contribution is -0.142. The Morgan fingerprint density at radius 3 is 2.61 bits per heavy atom. The zero-order valence-electron chi connectivity index (χ0n) is 10.6. The van der Waals surface area contributed by atoms with Crippen LogP contribution in [0.5, 0.6) is 0 Å². The van der Waals surface area contributed by atoms with Gasteiger partial charge in [0.2, 0.25) is 0 Å². The predicted molar refractivity (Wildman–Crippen MR) is 71.1 cm³/mol. The molecule has 0 heterocycles. The Morgan fingerprint density at radius 2 is 1.89 bits per heavy atom. The molecule has 0 aliphatic rings. The van der Waals surface area contributed by atoms with Crippen molar-refractivity contribution in [1.82, 2.24) is 0 Å². The van der Waals surface area contributed by atoms with Gasteiger partial charge in [-0.15, -0.1) is 0 Å². The number of unbranched alkanes of at least 4 members (excludes halogenated alkanes) is 3. The lowest BCUT2D eigenvalue weighted by Gasteiger charge is -2.06. The molecule has 3 N–H and O–H groups in total. The van der Waals surface area contributed by atoms with Crippen molar-refractivity contribution in [3.8, 4) is 0 Å². The Labute approximate surface area is 108 Å². The third kappa shape index (κ3) is 5.68. The third-order valence-corrected chi connectivity index (χ3v) is 2.71. The summed E-state index contributed by atoms with van der Waals surface area (Å²) < 4.78 is 5.12. The number of aliphatic hydroxyl groups is 1. The first kappa shape index (κ1) is 14.5. The minimum atomic E-state index is -0.241. The first-order valence-corrected chi connectivity index (χ1v) is 6.34. The maximum absolute atomic E-state index is 11.5. The molecule has 100 valence electrons. The van der Waals surface area contributed by atoms with Gasteiger partial charge in [0.05, 0.1) is 13.0 Å². The van der Waals surface area contributed by atoms with Gasteiger partial charge < -0.3 is 15.6 Å². The SMILES string of the molecule is Nc1ccccc1CC(=O)OCCCCCCO. The highest BCUT2D eigenvalue weighted by molar-refractivity contribution is 5.74. The van der Waals surface area contributed by atoms with E-state index in [1.54, 1.807) is 6.07 Å². The fourth-order valence-corrected chi connectivity index (χ4v) is 1.66. The van der Waals surface area contributed by atoms with E-state index in [4.69, 9.17) is 15.6 Å². The molecule has 0 aliphatic carbocycles. The Hall–Kier alpha value is -1.55. The average molecular weight is 251 g/mol. The highest BCUT2D eigenvalue weighted by Crippen LogP contribution is 2.11. The topological polar surface area (TPSA) is 72.6 Å². The molecule has 0 fully saturated rings. The number of anilines is 1. The van der Waals surface area contributed by atoms with Crippen molar-refractivity contribution in [1.29, 1.82) is 0 Å². The predicted octanol–water partition coefficient (Wildman–Crippen LogP) is 1.91. The van der Waals surface area contributed by atoms with Crippen LogP contribution in [0, 0.1) is 0 Å². The first-order valence-electron chi connectivity index (χ1n) is 6.34. The van der Waals surface area contributed by atoms with E-state index >= 15 is 0 Å². The number of carbonyl (C=O) groups is 1. The summed E-state index contributed by atoms with van der Waals surface area (Å²) in [6, 6.07) is 7.30. The van der Waals surface area contributed by atoms with Crippen LogP contribution in [0.15, 0.2) is 24.3 Å². The molecule has 0 unspecified atom stereocenters. The molecule has 1 aromatic carbocycles. The van der Waals surface area contributed by atoms with Crippen molar-refractivity contribution in [3.63, 3.8) is 0 Å². The number of esters is 1. The van der Waals surface area contributed by atoms with Crippen molar-refractivity contribution in [2.75, 3.05) is 18.9 Å². The van der Waals surface area contributed by atoms with Gasteiger partial charge in [-0.2, -0.15) is 0 Å². The second kappa shape index (κ2) is 8.53. The van der Waals surface area contributed by atoms with Crippen LogP contribution in [0.25, 0.3) is 0 Å². The molecule has 0 aromatic heterocycles. The summed E-state index contributed by atoms with van der Waals surface area (Å²) in [6.45, 7) is 0.671. The van der Waals surface area contributed by atoms with E-state index in [0.717, 1.165) is 31.2 Å². The van der Waals surface area contributed by atoms with Crippen LogP contribution in [0.2, 0.25) is 0 Å². The monoisotopic (exact) mass is 251 g/mol. The molecule has 4 heteroatoms. The summed E-state index contributed by atoms with van der Waals surface area (Å²) >= 11 is 0. The lowest BCUT2D eigenvalue weighted by atomic mass is 10.1. The molecule has 0 saturated carbocycles. The normalized spacial score (nSPS) is 10.3. The summed E-state index contributed by atoms with van der Waals surface area (Å²) in [6.07, 6.45) is 3.83. The van der Waals surface area contributed by atoms with Gasteiger partial charge in [-0.05, 0) is 30.9 Å². The number of nitrogens with two attached hydrogens (primary N) is 1. The quantitative estimate of drug-likeness (QED) is 0.420. The number of ether oxygens (including phenoxy) is 1. The maximum Gasteiger partial charge on any atom is 0.310 e. The summed E-state index contributed by atoms with van der Waals surface area (Å²) in [5, 5.41) is 8.60. The van der Waals surface area contributed by atoms with Gasteiger partial charge in [-0.25, -0.2) is 0 Å². The van der Waals surface area contributed by atoms with Crippen LogP contribution in [0.3, 0.4) is 0 Å². The van der Waals surface area contributed by atoms with E-state index < -0.39 is 0 Å². The standard InChI is InChI=1S/C14H21NO3/c15-13-8-4-3-7-12(13)11-14(17)18-10-6-2-1-5-9-16/h3-4,7-8,16H,1-2,5-6,9-11,15H2. The highest BCUT2D eigenvalue weighted by atomic mass is 16.5. The van der Waals surface area contributed by atoms with E-state index in [2.05, 4.69) is 0 Å². The zero-order valence-corrected chi connectivity index (χ0v) is 10.6. The molecular formula is C14H21NO3. The molecule has 1 aromatic rings. The van der Waals surface area contributed by atoms with Crippen LogP contribution < -0.4 is 5.73 Å². The Bertz CT molecular complexity index is 366. The van der Waals surface area contributed by atoms with Gasteiger partial charge in [0.25, 0.3) is 0 Å². The minimum Gasteiger partial charge on any atom is -0.465 e. The van der Waals surface area contributed by atoms with Gasteiger partial charge >= 0.3 is 5.97 Å². The number of aliphatic hydroxyl groups excluding tert-OH is 1. The van der Waals surface area contributed by atoms with Gasteiger partial charge in [-0.1, -0.05) is 24.6 Å². The van der Waals surface area contributed by atoms with E-state index in [9.17, 15) is 4.79 Å². The smallest absolute Gasteiger partial charge is 0.310 e. The van der Waals surface area contributed by atoms with Gasteiger partial charge in [-0.3, -0.25) is 4.79 Å². The Morgan fingerprint density at radius 1 is 1.17 bits per heavy atom. The second-order valence-electron chi connectivity index (χ2n) is 4.23. The summed E-state index contributed by atoms with van der Waals surface area (Å²) in [5.41, 5.74) is 7.18. The highest BCUT2D eigenvalue weighted by Gasteiger charge is 2.06. The van der Waals surface area contributed by atoms with Crippen molar-refractivity contribution >= 4 is 11.7 Å². The molecule has 0 radical (unpaired) electrons. The number of hydrogen-bond donors (Lipinski definition) is 2. The van der Waals surface area contributed by atoms with Gasteiger partial charge in [0.1, 0.15) is 0 Å². The number of rotatable bonds is 8. The molecule has 4 nitrogen and oxygen atoms in total. The van der Waals surface area contributed by atoms with Crippen LogP contribution in [0.4, 0.5) is 5.69 Å². The van der Waals surface area contributed by atoms with Crippen molar-refractivity contribution in [3.05, 3.63) is 29.8 Å². The molecule has 18 heavy (non-hydrogen) atoms. The molecule has 0 saturated heterocycles. The van der Waals surface area contributed by atoms with Crippen molar-refractivity contribution < 1.29 is 14.6 Å². The average Bonchev–Trinajstić information content (AvgIpc) is 2.36.